The lowest BCUT2D eigenvalue weighted by Gasteiger charge is -2.24. The highest BCUT2D eigenvalue weighted by Crippen LogP contribution is 2.24. The number of nitrogens with one attached hydrogen (secondary N) is 2. The van der Waals surface area contributed by atoms with Crippen LogP contribution >= 0.6 is 15.9 Å². The third-order valence-electron chi connectivity index (χ3n) is 2.49. The lowest BCUT2D eigenvalue weighted by Crippen LogP contribution is -2.25. The van der Waals surface area contributed by atoms with Gasteiger partial charge in [0.15, 0.2) is 0 Å². The average Bonchev–Trinajstić information content (AvgIpc) is 2.28. The minimum absolute atomic E-state index is 0.0267. The largest absolute Gasteiger partial charge is 0.396 e. The van der Waals surface area contributed by atoms with Gasteiger partial charge in [-0.2, -0.15) is 4.98 Å². The summed E-state index contributed by atoms with van der Waals surface area (Å²) in [7, 11) is 1.78. The highest BCUT2D eigenvalue weighted by atomic mass is 79.9. The Bertz CT molecular complexity index is 370. The number of aliphatic hydroxyl groups excluding tert-OH is 1. The average molecular weight is 303 g/mol. The SMILES string of the molecule is CNc1ncc(Br)c(NCC(C)(C)CCO)n1. The van der Waals surface area contributed by atoms with Gasteiger partial charge in [-0.1, -0.05) is 13.8 Å². The smallest absolute Gasteiger partial charge is 0.224 e. The van der Waals surface area contributed by atoms with Crippen LogP contribution < -0.4 is 10.6 Å². The molecule has 0 unspecified atom stereocenters. The van der Waals surface area contributed by atoms with E-state index < -0.39 is 0 Å². The molecule has 96 valence electrons. The third-order valence-corrected chi connectivity index (χ3v) is 3.07. The third kappa shape index (κ3) is 4.47. The normalized spacial score (nSPS) is 11.4. The van der Waals surface area contributed by atoms with Gasteiger partial charge in [0.2, 0.25) is 5.95 Å². The fourth-order valence-electron chi connectivity index (χ4n) is 1.33. The van der Waals surface area contributed by atoms with Gasteiger partial charge in [-0.25, -0.2) is 4.98 Å². The second-order valence-electron chi connectivity index (χ2n) is 4.63. The van der Waals surface area contributed by atoms with Gasteiger partial charge in [0.1, 0.15) is 5.82 Å². The molecule has 0 saturated carbocycles. The van der Waals surface area contributed by atoms with E-state index >= 15 is 0 Å². The van der Waals surface area contributed by atoms with Crippen molar-refractivity contribution in [3.63, 3.8) is 0 Å². The molecule has 1 aromatic heterocycles. The molecule has 1 rings (SSSR count). The van der Waals surface area contributed by atoms with E-state index in [1.54, 1.807) is 13.2 Å². The van der Waals surface area contributed by atoms with E-state index in [0.29, 0.717) is 5.95 Å². The Balaban J connectivity index is 2.68. The van der Waals surface area contributed by atoms with Crippen molar-refractivity contribution in [3.05, 3.63) is 10.7 Å². The lowest BCUT2D eigenvalue weighted by atomic mass is 9.90. The van der Waals surface area contributed by atoms with E-state index in [4.69, 9.17) is 5.11 Å². The summed E-state index contributed by atoms with van der Waals surface area (Å²) in [6.45, 7) is 5.14. The van der Waals surface area contributed by atoms with Gasteiger partial charge in [-0.05, 0) is 27.8 Å². The first-order valence-corrected chi connectivity index (χ1v) is 6.33. The molecule has 0 radical (unpaired) electrons. The number of aliphatic hydroxyl groups is 1. The summed E-state index contributed by atoms with van der Waals surface area (Å²) in [5.41, 5.74) is 0.0267. The predicted octanol–water partition coefficient (Wildman–Crippen LogP) is 2.10. The van der Waals surface area contributed by atoms with Crippen LogP contribution in [0.15, 0.2) is 10.7 Å². The molecule has 0 aliphatic carbocycles. The van der Waals surface area contributed by atoms with Crippen molar-refractivity contribution in [3.8, 4) is 0 Å². The fraction of sp³-hybridized carbons (Fsp3) is 0.636. The van der Waals surface area contributed by atoms with Gasteiger partial charge in [0, 0.05) is 26.4 Å². The van der Waals surface area contributed by atoms with Crippen LogP contribution in [0.25, 0.3) is 0 Å². The summed E-state index contributed by atoms with van der Waals surface area (Å²) < 4.78 is 0.830. The van der Waals surface area contributed by atoms with Crippen molar-refractivity contribution in [1.82, 2.24) is 9.97 Å². The van der Waals surface area contributed by atoms with Crippen LogP contribution in [0, 0.1) is 5.41 Å². The number of hydrogen-bond acceptors (Lipinski definition) is 5. The number of hydrogen-bond donors (Lipinski definition) is 3. The van der Waals surface area contributed by atoms with Crippen molar-refractivity contribution in [1.29, 1.82) is 0 Å². The number of nitrogens with zero attached hydrogens (tertiary/aromatic N) is 2. The molecule has 6 heteroatoms. The molecule has 0 bridgehead atoms. The summed E-state index contributed by atoms with van der Waals surface area (Å²) in [5.74, 6) is 1.34. The molecule has 17 heavy (non-hydrogen) atoms. The van der Waals surface area contributed by atoms with E-state index in [2.05, 4.69) is 50.4 Å². The van der Waals surface area contributed by atoms with E-state index in [0.717, 1.165) is 23.3 Å². The molecule has 0 amide bonds. The van der Waals surface area contributed by atoms with Crippen LogP contribution in [-0.4, -0.2) is 35.3 Å². The van der Waals surface area contributed by atoms with E-state index in [-0.39, 0.29) is 12.0 Å². The summed E-state index contributed by atoms with van der Waals surface area (Å²) in [4.78, 5) is 8.40. The van der Waals surface area contributed by atoms with Crippen LogP contribution in [0.3, 0.4) is 0 Å². The molecule has 0 atom stereocenters. The standard InChI is InChI=1S/C11H19BrN4O/c1-11(2,4-5-17)7-15-9-8(12)6-14-10(13-3)16-9/h6,17H,4-5,7H2,1-3H3,(H2,13,14,15,16). The van der Waals surface area contributed by atoms with Crippen LogP contribution in [0.4, 0.5) is 11.8 Å². The molecule has 0 fully saturated rings. The topological polar surface area (TPSA) is 70.1 Å². The number of rotatable bonds is 6. The molecule has 0 saturated heterocycles. The van der Waals surface area contributed by atoms with Crippen molar-refractivity contribution < 1.29 is 5.11 Å². The van der Waals surface area contributed by atoms with Gasteiger partial charge < -0.3 is 15.7 Å². The van der Waals surface area contributed by atoms with Crippen LogP contribution in [-0.2, 0) is 0 Å². The Morgan fingerprint density at radius 2 is 2.18 bits per heavy atom. The first-order chi connectivity index (χ1) is 7.98. The zero-order valence-electron chi connectivity index (χ0n) is 10.4. The van der Waals surface area contributed by atoms with Gasteiger partial charge in [0.25, 0.3) is 0 Å². The van der Waals surface area contributed by atoms with Crippen LogP contribution in [0.2, 0.25) is 0 Å². The zero-order valence-corrected chi connectivity index (χ0v) is 12.0. The minimum Gasteiger partial charge on any atom is -0.396 e. The molecule has 5 nitrogen and oxygen atoms in total. The van der Waals surface area contributed by atoms with Crippen LogP contribution in [0.1, 0.15) is 20.3 Å². The number of aromatic nitrogens is 2. The highest BCUT2D eigenvalue weighted by Gasteiger charge is 2.17. The van der Waals surface area contributed by atoms with E-state index in [1.165, 1.54) is 0 Å². The number of anilines is 2. The van der Waals surface area contributed by atoms with Crippen molar-refractivity contribution >= 4 is 27.7 Å². The molecule has 1 aromatic rings. The molecular weight excluding hydrogens is 284 g/mol. The molecule has 3 N–H and O–H groups in total. The van der Waals surface area contributed by atoms with Gasteiger partial charge in [-0.15, -0.1) is 0 Å². The van der Waals surface area contributed by atoms with Gasteiger partial charge in [-0.3, -0.25) is 0 Å². The molecule has 0 aromatic carbocycles. The van der Waals surface area contributed by atoms with Crippen LogP contribution in [0.5, 0.6) is 0 Å². The summed E-state index contributed by atoms with van der Waals surface area (Å²) in [6, 6.07) is 0. The summed E-state index contributed by atoms with van der Waals surface area (Å²) in [5, 5.41) is 15.1. The number of halogens is 1. The predicted molar refractivity (Wildman–Crippen MR) is 73.3 cm³/mol. The minimum atomic E-state index is 0.0267. The molecule has 0 aliphatic heterocycles. The molecule has 1 heterocycles. The lowest BCUT2D eigenvalue weighted by molar-refractivity contribution is 0.220. The maximum Gasteiger partial charge on any atom is 0.224 e. The highest BCUT2D eigenvalue weighted by molar-refractivity contribution is 9.10. The summed E-state index contributed by atoms with van der Waals surface area (Å²) in [6.07, 6.45) is 2.46. The molecule has 0 spiro atoms. The Morgan fingerprint density at radius 1 is 1.47 bits per heavy atom. The maximum atomic E-state index is 8.96. The fourth-order valence-corrected chi connectivity index (χ4v) is 1.66. The van der Waals surface area contributed by atoms with Gasteiger partial charge in [0.05, 0.1) is 4.47 Å². The van der Waals surface area contributed by atoms with Gasteiger partial charge >= 0.3 is 0 Å². The maximum absolute atomic E-state index is 8.96. The van der Waals surface area contributed by atoms with Crippen molar-refractivity contribution in [2.45, 2.75) is 20.3 Å². The monoisotopic (exact) mass is 302 g/mol. The second kappa shape index (κ2) is 6.16. The quantitative estimate of drug-likeness (QED) is 0.751. The van der Waals surface area contributed by atoms with E-state index in [1.807, 2.05) is 0 Å². The Kier molecular flexibility index (Phi) is 5.14. The Hall–Kier alpha value is -0.880. The first-order valence-electron chi connectivity index (χ1n) is 5.53. The zero-order chi connectivity index (χ0) is 12.9. The van der Waals surface area contributed by atoms with Crippen molar-refractivity contribution in [2.24, 2.45) is 5.41 Å². The second-order valence-corrected chi connectivity index (χ2v) is 5.49. The Morgan fingerprint density at radius 3 is 2.76 bits per heavy atom. The first kappa shape index (κ1) is 14.2. The molecular formula is C11H19BrN4O. The summed E-state index contributed by atoms with van der Waals surface area (Å²) >= 11 is 3.40. The van der Waals surface area contributed by atoms with Crippen molar-refractivity contribution in [2.75, 3.05) is 30.8 Å². The molecule has 0 aliphatic rings. The van der Waals surface area contributed by atoms with E-state index in [9.17, 15) is 0 Å². The Labute approximate surface area is 110 Å².